The fraction of sp³-hybridized carbons (Fsp3) is 0.200. The van der Waals surface area contributed by atoms with Crippen molar-refractivity contribution in [3.8, 4) is 0 Å². The fourth-order valence-corrected chi connectivity index (χ4v) is 2.63. The lowest BCUT2D eigenvalue weighted by molar-refractivity contribution is 0.720. The number of rotatable bonds is 3. The minimum Gasteiger partial charge on any atom is -0.324 e. The van der Waals surface area contributed by atoms with Crippen molar-refractivity contribution in [2.24, 2.45) is 5.73 Å². The maximum Gasteiger partial charge on any atom is 0.0335 e. The van der Waals surface area contributed by atoms with E-state index in [1.807, 2.05) is 12.1 Å². The fourth-order valence-electron chi connectivity index (χ4n) is 1.93. The van der Waals surface area contributed by atoms with Crippen molar-refractivity contribution in [2.75, 3.05) is 0 Å². The third-order valence-electron chi connectivity index (χ3n) is 2.95. The first-order chi connectivity index (χ1) is 8.56. The van der Waals surface area contributed by atoms with Crippen LogP contribution >= 0.6 is 31.9 Å². The van der Waals surface area contributed by atoms with Gasteiger partial charge in [0, 0.05) is 15.0 Å². The zero-order chi connectivity index (χ0) is 13.1. The molecule has 1 unspecified atom stereocenters. The number of halogens is 2. The molecule has 2 aromatic carbocycles. The van der Waals surface area contributed by atoms with Gasteiger partial charge in [-0.25, -0.2) is 0 Å². The summed E-state index contributed by atoms with van der Waals surface area (Å²) in [6, 6.07) is 14.6. The quantitative estimate of drug-likeness (QED) is 0.830. The minimum absolute atomic E-state index is 0.0334. The monoisotopic (exact) mass is 367 g/mol. The zero-order valence-electron chi connectivity index (χ0n) is 10.2. The topological polar surface area (TPSA) is 26.0 Å². The van der Waals surface area contributed by atoms with Crippen molar-refractivity contribution in [1.29, 1.82) is 0 Å². The zero-order valence-corrected chi connectivity index (χ0v) is 13.3. The van der Waals surface area contributed by atoms with Gasteiger partial charge in [0.25, 0.3) is 0 Å². The summed E-state index contributed by atoms with van der Waals surface area (Å²) in [4.78, 5) is 0. The van der Waals surface area contributed by atoms with Crippen LogP contribution in [0.5, 0.6) is 0 Å². The molecule has 2 aromatic rings. The number of benzene rings is 2. The van der Waals surface area contributed by atoms with Crippen LogP contribution in [0.15, 0.2) is 51.4 Å². The summed E-state index contributed by atoms with van der Waals surface area (Å²) in [5.74, 6) is 0. The number of nitrogens with two attached hydrogens (primary N) is 1. The van der Waals surface area contributed by atoms with Gasteiger partial charge in [-0.15, -0.1) is 0 Å². The van der Waals surface area contributed by atoms with Crippen molar-refractivity contribution in [2.45, 2.75) is 19.4 Å². The Labute approximate surface area is 125 Å². The predicted molar refractivity (Wildman–Crippen MR) is 83.7 cm³/mol. The molecule has 0 radical (unpaired) electrons. The van der Waals surface area contributed by atoms with E-state index in [-0.39, 0.29) is 6.04 Å². The standard InChI is InChI=1S/C15H15Br2N/c1-10-7-12(5-6-14(10)17)15(18)9-11-3-2-4-13(16)8-11/h2-8,15H,9,18H2,1H3. The highest BCUT2D eigenvalue weighted by atomic mass is 79.9. The van der Waals surface area contributed by atoms with Crippen LogP contribution < -0.4 is 5.73 Å². The molecular weight excluding hydrogens is 354 g/mol. The third-order valence-corrected chi connectivity index (χ3v) is 4.34. The average Bonchev–Trinajstić information content (AvgIpc) is 2.32. The van der Waals surface area contributed by atoms with Crippen LogP contribution in [-0.2, 0) is 6.42 Å². The molecule has 0 spiro atoms. The van der Waals surface area contributed by atoms with E-state index in [9.17, 15) is 0 Å². The second kappa shape index (κ2) is 6.00. The second-order valence-corrected chi connectivity index (χ2v) is 6.22. The Morgan fingerprint density at radius 1 is 1.11 bits per heavy atom. The summed E-state index contributed by atoms with van der Waals surface area (Å²) in [5.41, 5.74) is 9.91. The summed E-state index contributed by atoms with van der Waals surface area (Å²) in [6.07, 6.45) is 0.848. The Bertz CT molecular complexity index is 552. The molecule has 0 aliphatic carbocycles. The number of aryl methyl sites for hydroxylation is 1. The van der Waals surface area contributed by atoms with Gasteiger partial charge in [-0.2, -0.15) is 0 Å². The second-order valence-electron chi connectivity index (χ2n) is 4.45. The van der Waals surface area contributed by atoms with Crippen LogP contribution in [0.3, 0.4) is 0 Å². The largest absolute Gasteiger partial charge is 0.324 e. The summed E-state index contributed by atoms with van der Waals surface area (Å²) in [5, 5.41) is 0. The molecule has 0 saturated carbocycles. The van der Waals surface area contributed by atoms with Crippen molar-refractivity contribution >= 4 is 31.9 Å². The van der Waals surface area contributed by atoms with Gasteiger partial charge in [0.1, 0.15) is 0 Å². The van der Waals surface area contributed by atoms with Crippen molar-refractivity contribution < 1.29 is 0 Å². The Morgan fingerprint density at radius 2 is 1.89 bits per heavy atom. The summed E-state index contributed by atoms with van der Waals surface area (Å²) in [7, 11) is 0. The molecule has 18 heavy (non-hydrogen) atoms. The van der Waals surface area contributed by atoms with Crippen LogP contribution in [0.1, 0.15) is 22.7 Å². The van der Waals surface area contributed by atoms with Gasteiger partial charge >= 0.3 is 0 Å². The van der Waals surface area contributed by atoms with Crippen LogP contribution in [0.25, 0.3) is 0 Å². The molecule has 0 fully saturated rings. The number of hydrogen-bond acceptors (Lipinski definition) is 1. The van der Waals surface area contributed by atoms with E-state index < -0.39 is 0 Å². The summed E-state index contributed by atoms with van der Waals surface area (Å²) >= 11 is 6.99. The van der Waals surface area contributed by atoms with E-state index in [1.165, 1.54) is 16.7 Å². The smallest absolute Gasteiger partial charge is 0.0335 e. The highest BCUT2D eigenvalue weighted by Crippen LogP contribution is 2.23. The van der Waals surface area contributed by atoms with E-state index in [2.05, 4.69) is 69.1 Å². The van der Waals surface area contributed by atoms with Crippen molar-refractivity contribution in [3.63, 3.8) is 0 Å². The molecule has 0 aromatic heterocycles. The van der Waals surface area contributed by atoms with Crippen LogP contribution in [-0.4, -0.2) is 0 Å². The van der Waals surface area contributed by atoms with Crippen molar-refractivity contribution in [3.05, 3.63) is 68.1 Å². The van der Waals surface area contributed by atoms with E-state index in [0.717, 1.165) is 15.4 Å². The maximum absolute atomic E-state index is 6.27. The first-order valence-electron chi connectivity index (χ1n) is 5.82. The first kappa shape index (κ1) is 13.8. The molecule has 0 saturated heterocycles. The van der Waals surface area contributed by atoms with Gasteiger partial charge in [0.15, 0.2) is 0 Å². The van der Waals surface area contributed by atoms with Gasteiger partial charge in [0.2, 0.25) is 0 Å². The number of hydrogen-bond donors (Lipinski definition) is 1. The van der Waals surface area contributed by atoms with E-state index in [0.29, 0.717) is 0 Å². The van der Waals surface area contributed by atoms with Gasteiger partial charge in [-0.3, -0.25) is 0 Å². The highest BCUT2D eigenvalue weighted by Gasteiger charge is 2.08. The normalized spacial score (nSPS) is 12.4. The highest BCUT2D eigenvalue weighted by molar-refractivity contribution is 9.10. The minimum atomic E-state index is 0.0334. The summed E-state index contributed by atoms with van der Waals surface area (Å²) in [6.45, 7) is 2.08. The molecule has 1 atom stereocenters. The average molecular weight is 369 g/mol. The molecule has 3 heteroatoms. The molecule has 0 aliphatic heterocycles. The molecule has 0 bridgehead atoms. The molecular formula is C15H15Br2N. The third kappa shape index (κ3) is 3.44. The summed E-state index contributed by atoms with van der Waals surface area (Å²) < 4.78 is 2.22. The lowest BCUT2D eigenvalue weighted by Gasteiger charge is -2.13. The van der Waals surface area contributed by atoms with Crippen LogP contribution in [0.2, 0.25) is 0 Å². The molecule has 2 N–H and O–H groups in total. The van der Waals surface area contributed by atoms with Crippen LogP contribution in [0, 0.1) is 6.92 Å². The predicted octanol–water partition coefficient (Wildman–Crippen LogP) is 4.76. The van der Waals surface area contributed by atoms with Crippen molar-refractivity contribution in [1.82, 2.24) is 0 Å². The van der Waals surface area contributed by atoms with E-state index >= 15 is 0 Å². The van der Waals surface area contributed by atoms with E-state index in [1.54, 1.807) is 0 Å². The molecule has 0 aliphatic rings. The lowest BCUT2D eigenvalue weighted by Crippen LogP contribution is -2.13. The lowest BCUT2D eigenvalue weighted by atomic mass is 9.98. The Hall–Kier alpha value is -0.640. The van der Waals surface area contributed by atoms with Gasteiger partial charge < -0.3 is 5.73 Å². The Balaban J connectivity index is 2.16. The molecule has 2 rings (SSSR count). The van der Waals surface area contributed by atoms with E-state index in [4.69, 9.17) is 5.73 Å². The van der Waals surface area contributed by atoms with Gasteiger partial charge in [-0.1, -0.05) is 56.1 Å². The SMILES string of the molecule is Cc1cc(C(N)Cc2cccc(Br)c2)ccc1Br. The molecule has 1 nitrogen and oxygen atoms in total. The molecule has 0 heterocycles. The first-order valence-corrected chi connectivity index (χ1v) is 7.41. The Kier molecular flexibility index (Phi) is 4.60. The Morgan fingerprint density at radius 3 is 2.56 bits per heavy atom. The van der Waals surface area contributed by atoms with Gasteiger partial charge in [-0.05, 0) is 48.2 Å². The maximum atomic E-state index is 6.27. The molecule has 94 valence electrons. The molecule has 0 amide bonds. The van der Waals surface area contributed by atoms with Crippen LogP contribution in [0.4, 0.5) is 0 Å². The van der Waals surface area contributed by atoms with Gasteiger partial charge in [0.05, 0.1) is 0 Å².